The van der Waals surface area contributed by atoms with Crippen LogP contribution in [0.25, 0.3) is 6.08 Å². The molecule has 1 aromatic carbocycles. The predicted molar refractivity (Wildman–Crippen MR) is 88.2 cm³/mol. The van der Waals surface area contributed by atoms with Gasteiger partial charge in [-0.15, -0.1) is 0 Å². The largest absolute Gasteiger partial charge is 0.504 e. The van der Waals surface area contributed by atoms with Gasteiger partial charge in [0.1, 0.15) is 5.76 Å². The molecule has 22 heavy (non-hydrogen) atoms. The fourth-order valence-corrected chi connectivity index (χ4v) is 1.97. The van der Waals surface area contributed by atoms with Crippen molar-refractivity contribution in [3.8, 4) is 0 Å². The fraction of sp³-hybridized carbons (Fsp3) is 0.211. The van der Waals surface area contributed by atoms with Crippen LogP contribution in [0, 0.1) is 0 Å². The van der Waals surface area contributed by atoms with Gasteiger partial charge in [0, 0.05) is 11.6 Å². The first-order valence-corrected chi connectivity index (χ1v) is 7.44. The van der Waals surface area contributed by atoms with Crippen molar-refractivity contribution in [1.82, 2.24) is 0 Å². The van der Waals surface area contributed by atoms with Gasteiger partial charge in [-0.1, -0.05) is 61.9 Å². The molecule has 1 aromatic rings. The Labute approximate surface area is 130 Å². The van der Waals surface area contributed by atoms with Crippen molar-refractivity contribution in [3.63, 3.8) is 0 Å². The number of unbranched alkanes of at least 4 members (excludes halogenated alkanes) is 1. The zero-order valence-electron chi connectivity index (χ0n) is 12.7. The molecule has 114 valence electrons. The first-order valence-electron chi connectivity index (χ1n) is 7.44. The molecule has 0 saturated heterocycles. The number of benzene rings is 1. The third kappa shape index (κ3) is 4.48. The van der Waals surface area contributed by atoms with E-state index in [9.17, 15) is 9.90 Å². The number of rotatable bonds is 6. The standard InChI is InChI=1S/C19H20O3/c1-2-3-12-22-19-14-18(21)17(20)13-16(19)11-7-10-15-8-5-4-6-9-15/h4-11,13-14,20H,2-3,12H2,1H3. The Morgan fingerprint density at radius 2 is 1.95 bits per heavy atom. The number of hydrogen-bond acceptors (Lipinski definition) is 3. The number of hydrogen-bond donors (Lipinski definition) is 1. The van der Waals surface area contributed by atoms with E-state index in [2.05, 4.69) is 6.92 Å². The molecule has 1 aliphatic carbocycles. The second kappa shape index (κ2) is 8.03. The summed E-state index contributed by atoms with van der Waals surface area (Å²) in [6.07, 6.45) is 10.4. The lowest BCUT2D eigenvalue weighted by molar-refractivity contribution is -0.113. The van der Waals surface area contributed by atoms with Crippen molar-refractivity contribution >= 4 is 11.9 Å². The van der Waals surface area contributed by atoms with Crippen LogP contribution in [0.15, 0.2) is 71.7 Å². The van der Waals surface area contributed by atoms with E-state index in [0.29, 0.717) is 17.9 Å². The van der Waals surface area contributed by atoms with Gasteiger partial charge in [0.25, 0.3) is 0 Å². The third-order valence-corrected chi connectivity index (χ3v) is 3.21. The lowest BCUT2D eigenvalue weighted by Gasteiger charge is -2.14. The lowest BCUT2D eigenvalue weighted by atomic mass is 10.0. The smallest absolute Gasteiger partial charge is 0.223 e. The van der Waals surface area contributed by atoms with Crippen LogP contribution in [0.1, 0.15) is 25.3 Å². The molecule has 1 N–H and O–H groups in total. The minimum Gasteiger partial charge on any atom is -0.504 e. The highest BCUT2D eigenvalue weighted by Crippen LogP contribution is 2.21. The summed E-state index contributed by atoms with van der Waals surface area (Å²) in [6.45, 7) is 2.64. The average molecular weight is 296 g/mol. The molecule has 0 heterocycles. The van der Waals surface area contributed by atoms with Gasteiger partial charge in [0.05, 0.1) is 6.61 Å². The van der Waals surface area contributed by atoms with Crippen LogP contribution in [0.2, 0.25) is 0 Å². The molecule has 0 aromatic heterocycles. The van der Waals surface area contributed by atoms with E-state index in [1.54, 1.807) is 0 Å². The van der Waals surface area contributed by atoms with E-state index in [1.807, 2.05) is 48.6 Å². The molecule has 0 unspecified atom stereocenters. The van der Waals surface area contributed by atoms with E-state index in [4.69, 9.17) is 4.74 Å². The Kier molecular flexibility index (Phi) is 5.78. The molecular formula is C19H20O3. The maximum absolute atomic E-state index is 11.6. The van der Waals surface area contributed by atoms with E-state index in [0.717, 1.165) is 18.4 Å². The van der Waals surface area contributed by atoms with Crippen LogP contribution in [0.3, 0.4) is 0 Å². The van der Waals surface area contributed by atoms with Gasteiger partial charge >= 0.3 is 0 Å². The normalized spacial score (nSPS) is 16.8. The number of carbonyl (C=O) groups excluding carboxylic acids is 1. The van der Waals surface area contributed by atoms with Crippen molar-refractivity contribution in [2.75, 3.05) is 6.61 Å². The van der Waals surface area contributed by atoms with E-state index >= 15 is 0 Å². The maximum Gasteiger partial charge on any atom is 0.223 e. The number of aliphatic hydroxyl groups excluding tert-OH is 1. The summed E-state index contributed by atoms with van der Waals surface area (Å²) >= 11 is 0. The summed E-state index contributed by atoms with van der Waals surface area (Å²) in [7, 11) is 0. The highest BCUT2D eigenvalue weighted by atomic mass is 16.5. The van der Waals surface area contributed by atoms with Crippen molar-refractivity contribution < 1.29 is 14.6 Å². The second-order valence-corrected chi connectivity index (χ2v) is 5.00. The van der Waals surface area contributed by atoms with Gasteiger partial charge in [0.2, 0.25) is 5.78 Å². The van der Waals surface area contributed by atoms with Gasteiger partial charge in [0.15, 0.2) is 5.76 Å². The van der Waals surface area contributed by atoms with Crippen LogP contribution >= 0.6 is 0 Å². The minimum atomic E-state index is -0.421. The summed E-state index contributed by atoms with van der Waals surface area (Å²) < 4.78 is 5.64. The lowest BCUT2D eigenvalue weighted by Crippen LogP contribution is -2.09. The van der Waals surface area contributed by atoms with Gasteiger partial charge in [-0.3, -0.25) is 4.79 Å². The van der Waals surface area contributed by atoms with Gasteiger partial charge in [-0.25, -0.2) is 0 Å². The maximum atomic E-state index is 11.6. The summed E-state index contributed by atoms with van der Waals surface area (Å²) in [6, 6.07) is 9.90. The van der Waals surface area contributed by atoms with E-state index in [-0.39, 0.29) is 5.76 Å². The Morgan fingerprint density at radius 3 is 2.68 bits per heavy atom. The van der Waals surface area contributed by atoms with Crippen LogP contribution in [-0.2, 0) is 9.53 Å². The molecule has 3 nitrogen and oxygen atoms in total. The molecule has 0 fully saturated rings. The first-order chi connectivity index (χ1) is 10.7. The minimum absolute atomic E-state index is 0.262. The molecule has 2 rings (SSSR count). The highest BCUT2D eigenvalue weighted by molar-refractivity contribution is 6.04. The van der Waals surface area contributed by atoms with Gasteiger partial charge in [-0.05, 0) is 18.1 Å². The third-order valence-electron chi connectivity index (χ3n) is 3.21. The SMILES string of the molecule is CCCCOC1=CC(=O)C(O)=CC1=CC=Cc1ccccc1. The monoisotopic (exact) mass is 296 g/mol. The zero-order chi connectivity index (χ0) is 15.8. The topological polar surface area (TPSA) is 46.5 Å². The van der Waals surface area contributed by atoms with Gasteiger partial charge < -0.3 is 9.84 Å². The number of carbonyl (C=O) groups is 1. The molecule has 0 amide bonds. The summed E-state index contributed by atoms with van der Waals surface area (Å²) in [4.78, 5) is 11.6. The Balaban J connectivity index is 2.14. The molecule has 0 radical (unpaired) electrons. The predicted octanol–water partition coefficient (Wildman–Crippen LogP) is 4.35. The molecule has 0 bridgehead atoms. The summed E-state index contributed by atoms with van der Waals surface area (Å²) in [5, 5.41) is 9.60. The van der Waals surface area contributed by atoms with Crippen LogP contribution in [0.5, 0.6) is 0 Å². The number of ketones is 1. The van der Waals surface area contributed by atoms with Crippen molar-refractivity contribution in [2.24, 2.45) is 0 Å². The van der Waals surface area contributed by atoms with E-state index < -0.39 is 5.78 Å². The molecule has 3 heteroatoms. The van der Waals surface area contributed by atoms with Crippen LogP contribution in [0.4, 0.5) is 0 Å². The van der Waals surface area contributed by atoms with Crippen LogP contribution in [-0.4, -0.2) is 17.5 Å². The number of allylic oxidation sites excluding steroid dienone is 4. The average Bonchev–Trinajstić information content (AvgIpc) is 2.53. The Morgan fingerprint density at radius 1 is 1.18 bits per heavy atom. The molecule has 0 atom stereocenters. The number of aliphatic hydroxyl groups is 1. The summed E-state index contributed by atoms with van der Waals surface area (Å²) in [5.74, 6) is -0.174. The molecule has 0 aliphatic heterocycles. The zero-order valence-corrected chi connectivity index (χ0v) is 12.7. The first kappa shape index (κ1) is 15.8. The second-order valence-electron chi connectivity index (χ2n) is 5.00. The van der Waals surface area contributed by atoms with Crippen molar-refractivity contribution in [3.05, 3.63) is 77.3 Å². The molecule has 0 saturated carbocycles. The fourth-order valence-electron chi connectivity index (χ4n) is 1.97. The molecular weight excluding hydrogens is 276 g/mol. The van der Waals surface area contributed by atoms with Crippen molar-refractivity contribution in [2.45, 2.75) is 19.8 Å². The Hall–Kier alpha value is -2.55. The molecule has 0 spiro atoms. The Bertz CT molecular complexity index is 634. The van der Waals surface area contributed by atoms with Crippen molar-refractivity contribution in [1.29, 1.82) is 0 Å². The van der Waals surface area contributed by atoms with E-state index in [1.165, 1.54) is 12.2 Å². The molecule has 1 aliphatic rings. The summed E-state index contributed by atoms with van der Waals surface area (Å²) in [5.41, 5.74) is 1.78. The highest BCUT2D eigenvalue weighted by Gasteiger charge is 2.17. The van der Waals surface area contributed by atoms with Crippen LogP contribution < -0.4 is 0 Å². The quantitative estimate of drug-likeness (QED) is 0.794. The number of ether oxygens (including phenoxy) is 1. The van der Waals surface area contributed by atoms with Gasteiger partial charge in [-0.2, -0.15) is 0 Å².